The lowest BCUT2D eigenvalue weighted by atomic mass is 10.0. The van der Waals surface area contributed by atoms with Crippen molar-refractivity contribution < 1.29 is 38.4 Å². The van der Waals surface area contributed by atoms with Crippen molar-refractivity contribution in [1.29, 1.82) is 0 Å². The van der Waals surface area contributed by atoms with E-state index >= 15 is 0 Å². The molecule has 0 N–H and O–H groups in total. The van der Waals surface area contributed by atoms with Crippen LogP contribution in [0.2, 0.25) is 0 Å². The van der Waals surface area contributed by atoms with Crippen molar-refractivity contribution in [3.05, 3.63) is 177 Å². The second kappa shape index (κ2) is 14.6. The molecule has 6 aromatic carbocycles. The van der Waals surface area contributed by atoms with Crippen molar-refractivity contribution in [3.8, 4) is 45.6 Å². The minimum absolute atomic E-state index is 0.0580. The van der Waals surface area contributed by atoms with Gasteiger partial charge in [-0.1, -0.05) is 30.3 Å². The Bertz CT molecular complexity index is 2170. The molecule has 246 valence electrons. The van der Waals surface area contributed by atoms with E-state index in [0.717, 1.165) is 0 Å². The van der Waals surface area contributed by atoms with Crippen LogP contribution in [0.5, 0.6) is 34.5 Å². The molecule has 0 unspecified atom stereocenters. The lowest BCUT2D eigenvalue weighted by Gasteiger charge is -2.13. The highest BCUT2D eigenvalue weighted by atomic mass is 16.6. The van der Waals surface area contributed by atoms with Gasteiger partial charge < -0.3 is 18.9 Å². The van der Waals surface area contributed by atoms with Crippen molar-refractivity contribution in [2.45, 2.75) is 0 Å². The van der Waals surface area contributed by atoms with E-state index in [0.29, 0.717) is 34.1 Å². The third kappa shape index (κ3) is 7.96. The lowest BCUT2D eigenvalue weighted by Crippen LogP contribution is -2.10. The number of nitro groups is 2. The number of carbonyl (C=O) groups excluding carboxylic acids is 2. The number of hydrogen-bond acceptors (Lipinski definition) is 10. The van der Waals surface area contributed by atoms with Crippen LogP contribution in [0.25, 0.3) is 11.1 Å². The fraction of sp³-hybridized carbons (Fsp3) is 0. The maximum atomic E-state index is 13.2. The van der Waals surface area contributed by atoms with Crippen LogP contribution in [-0.4, -0.2) is 21.8 Å². The summed E-state index contributed by atoms with van der Waals surface area (Å²) in [4.78, 5) is 46.9. The van der Waals surface area contributed by atoms with Gasteiger partial charge >= 0.3 is 11.9 Å². The summed E-state index contributed by atoms with van der Waals surface area (Å²) >= 11 is 0. The zero-order valence-electron chi connectivity index (χ0n) is 25.8. The smallest absolute Gasteiger partial charge is 0.343 e. The van der Waals surface area contributed by atoms with Crippen LogP contribution in [-0.2, 0) is 0 Å². The highest BCUT2D eigenvalue weighted by Gasteiger charge is 2.17. The van der Waals surface area contributed by atoms with Gasteiger partial charge in [-0.2, -0.15) is 0 Å². The van der Waals surface area contributed by atoms with Crippen molar-refractivity contribution in [3.63, 3.8) is 0 Å². The van der Waals surface area contributed by atoms with Crippen molar-refractivity contribution in [2.24, 2.45) is 0 Å². The molecular formula is C38H24N2O10. The van der Waals surface area contributed by atoms with Crippen LogP contribution in [0.3, 0.4) is 0 Å². The first-order valence-electron chi connectivity index (χ1n) is 14.9. The van der Waals surface area contributed by atoms with Gasteiger partial charge in [-0.05, 0) is 96.6 Å². The first-order valence-corrected chi connectivity index (χ1v) is 14.9. The minimum atomic E-state index is -0.634. The van der Waals surface area contributed by atoms with Crippen LogP contribution in [0, 0.1) is 20.2 Å². The van der Waals surface area contributed by atoms with E-state index in [2.05, 4.69) is 0 Å². The Labute approximate surface area is 284 Å². The SMILES string of the molecule is O=C(Oc1ccc(OC(=O)c2ccc(Oc3ccc([N+](=O)[O-])cc3)cc2)c(-c2ccccc2)c1)c1ccc(Oc2ccc([N+](=O)[O-])cc2)cc1. The molecule has 0 amide bonds. The van der Waals surface area contributed by atoms with Crippen LogP contribution in [0.1, 0.15) is 20.7 Å². The van der Waals surface area contributed by atoms with E-state index in [4.69, 9.17) is 18.9 Å². The van der Waals surface area contributed by atoms with Crippen molar-refractivity contribution in [1.82, 2.24) is 0 Å². The second-order valence-corrected chi connectivity index (χ2v) is 10.6. The standard InChI is InChI=1S/C38H24N2O10/c41-37(26-6-14-30(15-7-26)47-32-18-10-28(11-19-32)39(43)44)49-34-22-23-36(35(24-34)25-4-2-1-3-5-25)50-38(42)27-8-16-31(17-9-27)48-33-20-12-29(13-21-33)40(45)46/h1-24H. The zero-order valence-corrected chi connectivity index (χ0v) is 25.8. The molecule has 0 aliphatic rings. The lowest BCUT2D eigenvalue weighted by molar-refractivity contribution is -0.385. The number of carbonyl (C=O) groups is 2. The van der Waals surface area contributed by atoms with E-state index in [1.54, 1.807) is 30.3 Å². The van der Waals surface area contributed by atoms with Gasteiger partial charge in [0.25, 0.3) is 11.4 Å². The zero-order chi connectivity index (χ0) is 35.0. The first-order chi connectivity index (χ1) is 24.2. The van der Waals surface area contributed by atoms with Gasteiger partial charge in [-0.3, -0.25) is 20.2 Å². The number of ether oxygens (including phenoxy) is 4. The summed E-state index contributed by atoms with van der Waals surface area (Å²) < 4.78 is 22.8. The molecule has 0 heterocycles. The largest absolute Gasteiger partial charge is 0.457 e. The molecule has 0 spiro atoms. The number of rotatable bonds is 11. The maximum Gasteiger partial charge on any atom is 0.343 e. The monoisotopic (exact) mass is 668 g/mol. The topological polar surface area (TPSA) is 157 Å². The Morgan fingerprint density at radius 3 is 1.30 bits per heavy atom. The number of nitro benzene ring substituents is 2. The van der Waals surface area contributed by atoms with Crippen molar-refractivity contribution in [2.75, 3.05) is 0 Å². The number of benzene rings is 6. The first kappa shape index (κ1) is 32.6. The summed E-state index contributed by atoms with van der Waals surface area (Å²) in [5.41, 5.74) is 1.60. The van der Waals surface area contributed by atoms with Crippen LogP contribution in [0.4, 0.5) is 11.4 Å². The summed E-state index contributed by atoms with van der Waals surface area (Å²) in [5.74, 6) is 0.803. The van der Waals surface area contributed by atoms with Crippen LogP contribution in [0.15, 0.2) is 146 Å². The van der Waals surface area contributed by atoms with E-state index in [-0.39, 0.29) is 34.0 Å². The second-order valence-electron chi connectivity index (χ2n) is 10.6. The molecule has 0 saturated carbocycles. The van der Waals surface area contributed by atoms with E-state index in [1.807, 2.05) is 30.3 Å². The molecule has 6 rings (SSSR count). The summed E-state index contributed by atoms with van der Waals surface area (Å²) in [6.45, 7) is 0. The van der Waals surface area contributed by atoms with E-state index in [9.17, 15) is 29.8 Å². The summed E-state index contributed by atoms with van der Waals surface area (Å²) in [7, 11) is 0. The van der Waals surface area contributed by atoms with Gasteiger partial charge in [0.2, 0.25) is 0 Å². The van der Waals surface area contributed by atoms with Gasteiger partial charge in [-0.15, -0.1) is 0 Å². The van der Waals surface area contributed by atoms with Gasteiger partial charge in [0.1, 0.15) is 34.5 Å². The van der Waals surface area contributed by atoms with E-state index in [1.165, 1.54) is 84.9 Å². The molecule has 50 heavy (non-hydrogen) atoms. The van der Waals surface area contributed by atoms with E-state index < -0.39 is 21.8 Å². The molecule has 0 fully saturated rings. The maximum absolute atomic E-state index is 13.2. The molecule has 0 bridgehead atoms. The third-order valence-corrected chi connectivity index (χ3v) is 7.20. The molecule has 12 heteroatoms. The Kier molecular flexibility index (Phi) is 9.52. The number of esters is 2. The van der Waals surface area contributed by atoms with Crippen LogP contribution < -0.4 is 18.9 Å². The highest BCUT2D eigenvalue weighted by Crippen LogP contribution is 2.35. The normalized spacial score (nSPS) is 10.5. The number of nitrogens with zero attached hydrogens (tertiary/aromatic N) is 2. The fourth-order valence-electron chi connectivity index (χ4n) is 4.69. The van der Waals surface area contributed by atoms with Crippen LogP contribution >= 0.6 is 0 Å². The molecular weight excluding hydrogens is 644 g/mol. The average Bonchev–Trinajstić information content (AvgIpc) is 3.13. The quantitative estimate of drug-likeness (QED) is 0.0564. The molecule has 0 aromatic heterocycles. The Balaban J connectivity index is 1.13. The number of non-ortho nitro benzene ring substituents is 2. The number of hydrogen-bond donors (Lipinski definition) is 0. The third-order valence-electron chi connectivity index (χ3n) is 7.20. The summed E-state index contributed by atoms with van der Waals surface area (Å²) in [6.07, 6.45) is 0. The van der Waals surface area contributed by atoms with Gasteiger partial charge in [-0.25, -0.2) is 9.59 Å². The molecule has 0 saturated heterocycles. The Morgan fingerprint density at radius 2 is 0.860 bits per heavy atom. The predicted molar refractivity (Wildman–Crippen MR) is 181 cm³/mol. The molecule has 0 aliphatic heterocycles. The minimum Gasteiger partial charge on any atom is -0.457 e. The molecule has 12 nitrogen and oxygen atoms in total. The van der Waals surface area contributed by atoms with Gasteiger partial charge in [0.05, 0.1) is 21.0 Å². The summed E-state index contributed by atoms with van der Waals surface area (Å²) in [5, 5.41) is 21.7. The summed E-state index contributed by atoms with van der Waals surface area (Å²) in [6, 6.07) is 37.4. The van der Waals surface area contributed by atoms with Crippen molar-refractivity contribution >= 4 is 23.3 Å². The van der Waals surface area contributed by atoms with Gasteiger partial charge in [0.15, 0.2) is 0 Å². The molecule has 0 radical (unpaired) electrons. The molecule has 0 aliphatic carbocycles. The van der Waals surface area contributed by atoms with Gasteiger partial charge in [0, 0.05) is 29.8 Å². The Morgan fingerprint density at radius 1 is 0.460 bits per heavy atom. The predicted octanol–water partition coefficient (Wildman–Crippen LogP) is 9.19. The average molecular weight is 669 g/mol. The highest BCUT2D eigenvalue weighted by molar-refractivity contribution is 5.93. The molecule has 6 aromatic rings. The Hall–Kier alpha value is -7.34. The fourth-order valence-corrected chi connectivity index (χ4v) is 4.69. The molecule has 0 atom stereocenters.